The summed E-state index contributed by atoms with van der Waals surface area (Å²) in [4.78, 5) is 14.2. The van der Waals surface area contributed by atoms with Crippen molar-refractivity contribution in [2.24, 2.45) is 0 Å². The van der Waals surface area contributed by atoms with E-state index in [1.54, 1.807) is 24.3 Å². The van der Waals surface area contributed by atoms with Crippen LogP contribution in [0.5, 0.6) is 5.75 Å². The summed E-state index contributed by atoms with van der Waals surface area (Å²) < 4.78 is 5.13. The predicted octanol–water partition coefficient (Wildman–Crippen LogP) is 3.92. The lowest BCUT2D eigenvalue weighted by Gasteiger charge is -2.15. The second-order valence-electron chi connectivity index (χ2n) is 5.30. The fourth-order valence-electron chi connectivity index (χ4n) is 2.47. The molecule has 0 unspecified atom stereocenters. The molecule has 1 aliphatic rings. The summed E-state index contributed by atoms with van der Waals surface area (Å²) in [6.45, 7) is 1.99. The summed E-state index contributed by atoms with van der Waals surface area (Å²) in [5.41, 5.74) is 3.07. The summed E-state index contributed by atoms with van der Waals surface area (Å²) in [5.74, 6) is 0.325. The van der Waals surface area contributed by atoms with E-state index in [1.165, 1.54) is 12.0 Å². The normalized spacial score (nSPS) is 15.8. The maximum Gasteiger partial charge on any atom is 0.281 e. The van der Waals surface area contributed by atoms with Gasteiger partial charge < -0.3 is 10.1 Å². The largest absolute Gasteiger partial charge is 0.495 e. The van der Waals surface area contributed by atoms with E-state index in [1.807, 2.05) is 31.2 Å². The number of nitrogens with one attached hydrogen (secondary N) is 1. The zero-order valence-corrected chi connectivity index (χ0v) is 14.7. The molecule has 0 atom stereocenters. The molecule has 122 valence electrons. The van der Waals surface area contributed by atoms with Gasteiger partial charge in [0.15, 0.2) is 5.11 Å². The molecular weight excluding hydrogens is 344 g/mol. The van der Waals surface area contributed by atoms with Crippen LogP contribution in [-0.2, 0) is 4.79 Å². The first-order valence-corrected chi connectivity index (χ1v) is 8.06. The third-order valence-electron chi connectivity index (χ3n) is 3.76. The Morgan fingerprint density at radius 1 is 1.25 bits per heavy atom. The number of hydrogen-bond acceptors (Lipinski definition) is 3. The smallest absolute Gasteiger partial charge is 0.281 e. The van der Waals surface area contributed by atoms with Crippen LogP contribution in [0.2, 0.25) is 5.02 Å². The Bertz CT molecular complexity index is 864. The summed E-state index contributed by atoms with van der Waals surface area (Å²) in [7, 11) is 1.54. The van der Waals surface area contributed by atoms with Gasteiger partial charge in [-0.2, -0.15) is 0 Å². The highest BCUT2D eigenvalue weighted by molar-refractivity contribution is 7.80. The van der Waals surface area contributed by atoms with E-state index >= 15 is 0 Å². The lowest BCUT2D eigenvalue weighted by molar-refractivity contribution is -0.113. The van der Waals surface area contributed by atoms with E-state index in [0.717, 1.165) is 11.1 Å². The van der Waals surface area contributed by atoms with Crippen LogP contribution in [0.1, 0.15) is 11.1 Å². The van der Waals surface area contributed by atoms with Crippen molar-refractivity contribution in [1.29, 1.82) is 0 Å². The monoisotopic (exact) mass is 358 g/mol. The van der Waals surface area contributed by atoms with E-state index in [0.29, 0.717) is 27.3 Å². The number of amides is 1. The summed E-state index contributed by atoms with van der Waals surface area (Å²) in [6, 6.07) is 12.9. The molecule has 6 heteroatoms. The zero-order valence-electron chi connectivity index (χ0n) is 13.2. The minimum Gasteiger partial charge on any atom is -0.495 e. The molecule has 0 radical (unpaired) electrons. The highest BCUT2D eigenvalue weighted by Crippen LogP contribution is 2.31. The second-order valence-corrected chi connectivity index (χ2v) is 6.10. The Kier molecular flexibility index (Phi) is 4.55. The summed E-state index contributed by atoms with van der Waals surface area (Å²) >= 11 is 11.5. The van der Waals surface area contributed by atoms with Gasteiger partial charge in [0.2, 0.25) is 0 Å². The van der Waals surface area contributed by atoms with Crippen LogP contribution in [-0.4, -0.2) is 18.1 Å². The molecule has 24 heavy (non-hydrogen) atoms. The van der Waals surface area contributed by atoms with E-state index < -0.39 is 0 Å². The number of anilines is 1. The molecule has 0 bridgehead atoms. The first-order valence-electron chi connectivity index (χ1n) is 7.27. The van der Waals surface area contributed by atoms with Gasteiger partial charge in [0, 0.05) is 0 Å². The van der Waals surface area contributed by atoms with Crippen LogP contribution in [0.15, 0.2) is 48.2 Å². The molecule has 1 amide bonds. The van der Waals surface area contributed by atoms with Crippen molar-refractivity contribution in [1.82, 2.24) is 5.32 Å². The average Bonchev–Trinajstić information content (AvgIpc) is 2.83. The zero-order chi connectivity index (χ0) is 17.3. The van der Waals surface area contributed by atoms with Crippen molar-refractivity contribution in [2.75, 3.05) is 12.0 Å². The van der Waals surface area contributed by atoms with Gasteiger partial charge in [-0.15, -0.1) is 0 Å². The molecule has 0 saturated carbocycles. The van der Waals surface area contributed by atoms with E-state index in [9.17, 15) is 4.79 Å². The van der Waals surface area contributed by atoms with Crippen LogP contribution in [0.3, 0.4) is 0 Å². The topological polar surface area (TPSA) is 41.6 Å². The van der Waals surface area contributed by atoms with Gasteiger partial charge in [-0.1, -0.05) is 35.9 Å². The third kappa shape index (κ3) is 3.00. The highest BCUT2D eigenvalue weighted by atomic mass is 35.5. The van der Waals surface area contributed by atoms with Crippen LogP contribution in [0.4, 0.5) is 5.69 Å². The molecule has 0 aliphatic carbocycles. The molecular formula is C18H15ClN2O2S. The van der Waals surface area contributed by atoms with Crippen molar-refractivity contribution in [3.05, 3.63) is 64.3 Å². The fourth-order valence-corrected chi connectivity index (χ4v) is 3.02. The first-order chi connectivity index (χ1) is 11.5. The maximum atomic E-state index is 12.7. The summed E-state index contributed by atoms with van der Waals surface area (Å²) in [5, 5.41) is 3.71. The number of carbonyl (C=O) groups is 1. The molecule has 1 N–H and O–H groups in total. The van der Waals surface area contributed by atoms with Gasteiger partial charge in [0.25, 0.3) is 5.91 Å². The van der Waals surface area contributed by atoms with Crippen molar-refractivity contribution < 1.29 is 9.53 Å². The van der Waals surface area contributed by atoms with Gasteiger partial charge in [-0.3, -0.25) is 9.69 Å². The van der Waals surface area contributed by atoms with Crippen LogP contribution in [0, 0.1) is 6.92 Å². The van der Waals surface area contributed by atoms with Crippen molar-refractivity contribution in [3.63, 3.8) is 0 Å². The van der Waals surface area contributed by atoms with Gasteiger partial charge in [0.1, 0.15) is 11.4 Å². The molecule has 1 saturated heterocycles. The quantitative estimate of drug-likeness (QED) is 0.667. The molecule has 2 aromatic rings. The van der Waals surface area contributed by atoms with Gasteiger partial charge >= 0.3 is 0 Å². The van der Waals surface area contributed by atoms with E-state index in [-0.39, 0.29) is 5.91 Å². The van der Waals surface area contributed by atoms with Gasteiger partial charge in [-0.05, 0) is 54.5 Å². The number of thiocarbonyl (C=S) groups is 1. The highest BCUT2D eigenvalue weighted by Gasteiger charge is 2.32. The minimum atomic E-state index is -0.218. The number of aryl methyl sites for hydroxylation is 1. The number of halogens is 1. The van der Waals surface area contributed by atoms with E-state index in [4.69, 9.17) is 28.6 Å². The Balaban J connectivity index is 1.95. The van der Waals surface area contributed by atoms with Gasteiger partial charge in [0.05, 0.1) is 17.8 Å². The lowest BCUT2D eigenvalue weighted by atomic mass is 10.1. The molecule has 0 spiro atoms. The lowest BCUT2D eigenvalue weighted by Crippen LogP contribution is -2.30. The second kappa shape index (κ2) is 6.63. The van der Waals surface area contributed by atoms with Crippen molar-refractivity contribution >= 4 is 46.6 Å². The van der Waals surface area contributed by atoms with Gasteiger partial charge in [-0.25, -0.2) is 0 Å². The molecule has 3 rings (SSSR count). The van der Waals surface area contributed by atoms with Crippen molar-refractivity contribution in [2.45, 2.75) is 6.92 Å². The number of carbonyl (C=O) groups excluding carboxylic acids is 1. The number of nitrogens with zero attached hydrogens (tertiary/aromatic N) is 1. The SMILES string of the molecule is COc1ccc(N2C(=O)C(=Cc3ccccc3C)NC2=S)cc1Cl. The number of methoxy groups -OCH3 is 1. The Morgan fingerprint density at radius 3 is 2.67 bits per heavy atom. The van der Waals surface area contributed by atoms with Crippen LogP contribution in [0.25, 0.3) is 6.08 Å². The number of benzene rings is 2. The van der Waals surface area contributed by atoms with Crippen LogP contribution >= 0.6 is 23.8 Å². The van der Waals surface area contributed by atoms with E-state index in [2.05, 4.69) is 5.32 Å². The number of ether oxygens (including phenoxy) is 1. The maximum absolute atomic E-state index is 12.7. The van der Waals surface area contributed by atoms with Crippen molar-refractivity contribution in [3.8, 4) is 5.75 Å². The molecule has 1 heterocycles. The first kappa shape index (κ1) is 16.5. The third-order valence-corrected chi connectivity index (χ3v) is 4.34. The molecule has 1 aliphatic heterocycles. The molecule has 0 aromatic heterocycles. The number of rotatable bonds is 3. The standard InChI is InChI=1S/C18H15ClN2O2S/c1-11-5-3-4-6-12(11)9-15-17(22)21(18(24)20-15)13-7-8-16(23-2)14(19)10-13/h3-10H,1-2H3,(H,20,24). The number of hydrogen-bond donors (Lipinski definition) is 1. The fraction of sp³-hybridized carbons (Fsp3) is 0.111. The molecule has 2 aromatic carbocycles. The Morgan fingerprint density at radius 2 is 2.00 bits per heavy atom. The average molecular weight is 359 g/mol. The Labute approximate surface area is 150 Å². The summed E-state index contributed by atoms with van der Waals surface area (Å²) in [6.07, 6.45) is 1.80. The van der Waals surface area contributed by atoms with Crippen LogP contribution < -0.4 is 15.0 Å². The molecule has 4 nitrogen and oxygen atoms in total. The Hall–Kier alpha value is -2.37. The minimum absolute atomic E-state index is 0.218. The molecule has 1 fully saturated rings. The predicted molar refractivity (Wildman–Crippen MR) is 100 cm³/mol.